The number of carbonyl (C=O) groups excluding carboxylic acids is 2. The zero-order valence-corrected chi connectivity index (χ0v) is 20.1. The smallest absolute Gasteiger partial charge is 0.181 e. The third-order valence-electron chi connectivity index (χ3n) is 5.50. The predicted molar refractivity (Wildman–Crippen MR) is 132 cm³/mol. The van der Waals surface area contributed by atoms with Crippen LogP contribution in [0.2, 0.25) is 5.02 Å². The highest BCUT2D eigenvalue weighted by molar-refractivity contribution is 6.31. The van der Waals surface area contributed by atoms with Gasteiger partial charge in [0.15, 0.2) is 28.8 Å². The number of nitrogens with zero attached hydrogens (tertiary/aromatic N) is 1. The topological polar surface area (TPSA) is 74.7 Å². The quantitative estimate of drug-likeness (QED) is 0.303. The average molecular weight is 514 g/mol. The lowest BCUT2D eigenvalue weighted by atomic mass is 10.0. The van der Waals surface area contributed by atoms with Crippen LogP contribution in [0.5, 0.6) is 17.2 Å². The van der Waals surface area contributed by atoms with Gasteiger partial charge in [0, 0.05) is 29.5 Å². The number of benzene rings is 2. The van der Waals surface area contributed by atoms with Crippen LogP contribution in [0, 0.1) is 5.82 Å². The number of ether oxygens (including phenoxy) is 3. The van der Waals surface area contributed by atoms with Crippen LogP contribution < -0.4 is 14.2 Å². The molecule has 0 radical (unpaired) electrons. The molecule has 0 unspecified atom stereocenters. The summed E-state index contributed by atoms with van der Waals surface area (Å²) in [6.07, 6.45) is 3.47. The lowest BCUT2D eigenvalue weighted by Crippen LogP contribution is -2.11. The van der Waals surface area contributed by atoms with E-state index in [-0.39, 0.29) is 41.7 Å². The molecule has 4 rings (SSSR count). The maximum Gasteiger partial charge on any atom is 0.181 e. The van der Waals surface area contributed by atoms with Crippen molar-refractivity contribution >= 4 is 29.2 Å². The largest absolute Gasteiger partial charge is 0.493 e. The Balaban J connectivity index is 1.54. The molecule has 0 saturated heterocycles. The number of carbonyl (C=O) groups is 2. The number of fused-ring (bicyclic) bond motifs is 1. The molecular formula is C27H22ClF2NO5. The highest BCUT2D eigenvalue weighted by Crippen LogP contribution is 2.36. The van der Waals surface area contributed by atoms with E-state index in [4.69, 9.17) is 25.8 Å². The van der Waals surface area contributed by atoms with Gasteiger partial charge in [0.25, 0.3) is 0 Å². The fraction of sp³-hybridized carbons (Fsp3) is 0.222. The van der Waals surface area contributed by atoms with Gasteiger partial charge in [0.2, 0.25) is 0 Å². The van der Waals surface area contributed by atoms with Gasteiger partial charge in [-0.15, -0.1) is 0 Å². The Kier molecular flexibility index (Phi) is 7.95. The first-order valence-corrected chi connectivity index (χ1v) is 11.5. The Morgan fingerprint density at radius 2 is 1.89 bits per heavy atom. The lowest BCUT2D eigenvalue weighted by Gasteiger charge is -2.17. The fourth-order valence-corrected chi connectivity index (χ4v) is 3.91. The molecule has 0 aliphatic carbocycles. The van der Waals surface area contributed by atoms with Crippen molar-refractivity contribution in [3.05, 3.63) is 76.2 Å². The number of rotatable bonds is 10. The highest BCUT2D eigenvalue weighted by atomic mass is 35.5. The van der Waals surface area contributed by atoms with E-state index < -0.39 is 12.5 Å². The first-order valence-electron chi connectivity index (χ1n) is 11.1. The molecule has 36 heavy (non-hydrogen) atoms. The Morgan fingerprint density at radius 1 is 1.08 bits per heavy atom. The number of alkyl halides is 1. The van der Waals surface area contributed by atoms with Gasteiger partial charge in [-0.2, -0.15) is 0 Å². The lowest BCUT2D eigenvalue weighted by molar-refractivity contribution is 0.0914. The number of Topliss-reactive ketones (excluding diaryl/α,β-unsaturated/α-hetero) is 2. The third-order valence-corrected chi connectivity index (χ3v) is 5.79. The number of hydrogen-bond donors (Lipinski definition) is 0. The summed E-state index contributed by atoms with van der Waals surface area (Å²) in [6.45, 7) is -0.446. The molecule has 0 saturated carbocycles. The first-order chi connectivity index (χ1) is 17.4. The Morgan fingerprint density at radius 3 is 2.64 bits per heavy atom. The molecule has 0 N–H and O–H groups in total. The van der Waals surface area contributed by atoms with Crippen LogP contribution in [-0.4, -0.2) is 43.5 Å². The van der Waals surface area contributed by atoms with Crippen LogP contribution in [0.3, 0.4) is 0 Å². The molecule has 0 fully saturated rings. The van der Waals surface area contributed by atoms with Gasteiger partial charge >= 0.3 is 0 Å². The van der Waals surface area contributed by atoms with Crippen molar-refractivity contribution in [3.8, 4) is 28.5 Å². The summed E-state index contributed by atoms with van der Waals surface area (Å²) >= 11 is 5.95. The van der Waals surface area contributed by atoms with Crippen LogP contribution in [0.15, 0.2) is 48.5 Å². The van der Waals surface area contributed by atoms with Gasteiger partial charge in [-0.05, 0) is 48.5 Å². The maximum atomic E-state index is 13.7. The Hall–Kier alpha value is -3.78. The Bertz CT molecular complexity index is 1340. The van der Waals surface area contributed by atoms with E-state index in [1.165, 1.54) is 37.4 Å². The van der Waals surface area contributed by atoms with E-state index in [0.717, 1.165) is 0 Å². The minimum absolute atomic E-state index is 0.0600. The summed E-state index contributed by atoms with van der Waals surface area (Å²) < 4.78 is 42.3. The molecule has 2 heterocycles. The fourth-order valence-electron chi connectivity index (χ4n) is 3.73. The van der Waals surface area contributed by atoms with E-state index in [1.807, 2.05) is 6.08 Å². The normalized spacial score (nSPS) is 12.0. The summed E-state index contributed by atoms with van der Waals surface area (Å²) in [7, 11) is 1.42. The van der Waals surface area contributed by atoms with Crippen LogP contribution in [-0.2, 0) is 0 Å². The number of pyridine rings is 1. The minimum Gasteiger partial charge on any atom is -0.493 e. The zero-order valence-electron chi connectivity index (χ0n) is 19.4. The predicted octanol–water partition coefficient (Wildman–Crippen LogP) is 6.15. The second-order valence-corrected chi connectivity index (χ2v) is 8.27. The molecule has 2 aromatic carbocycles. The second-order valence-electron chi connectivity index (χ2n) is 7.87. The molecule has 3 aromatic rings. The molecule has 6 nitrogen and oxygen atoms in total. The SMILES string of the molecule is COc1cc(C(=O)CCC(=O)c2cc3c(c(-c4ccc(F)c(Cl)c4)n2)OCC=C3)ccc1OCCF. The monoisotopic (exact) mass is 513 g/mol. The standard InChI is InChI=1S/C27H22ClF2NO5/c1-34-25-15-16(5-9-24(25)35-12-10-29)22(32)7-8-23(33)21-14-18-3-2-11-36-27(18)26(31-21)17-4-6-20(30)19(28)13-17/h2-6,9,13-15H,7-8,10-12H2,1H3. The number of methoxy groups -OCH3 is 1. The van der Waals surface area contributed by atoms with Crippen molar-refractivity contribution in [3.63, 3.8) is 0 Å². The summed E-state index contributed by atoms with van der Waals surface area (Å²) in [6, 6.07) is 10.3. The van der Waals surface area contributed by atoms with Crippen LogP contribution >= 0.6 is 11.6 Å². The van der Waals surface area contributed by atoms with Crippen molar-refractivity contribution in [2.24, 2.45) is 0 Å². The molecule has 1 aliphatic rings. The van der Waals surface area contributed by atoms with Gasteiger partial charge in [-0.25, -0.2) is 13.8 Å². The van der Waals surface area contributed by atoms with Crippen molar-refractivity contribution in [1.29, 1.82) is 0 Å². The molecule has 1 aromatic heterocycles. The van der Waals surface area contributed by atoms with E-state index in [2.05, 4.69) is 4.98 Å². The number of aromatic nitrogens is 1. The maximum absolute atomic E-state index is 13.7. The Labute approximate surface area is 211 Å². The van der Waals surface area contributed by atoms with Crippen molar-refractivity contribution < 1.29 is 32.6 Å². The van der Waals surface area contributed by atoms with Gasteiger partial charge in [0.1, 0.15) is 37.1 Å². The van der Waals surface area contributed by atoms with Crippen LogP contribution in [0.25, 0.3) is 17.3 Å². The van der Waals surface area contributed by atoms with Crippen LogP contribution in [0.1, 0.15) is 39.3 Å². The number of ketones is 2. The number of hydrogen-bond acceptors (Lipinski definition) is 6. The minimum atomic E-state index is -0.652. The van der Waals surface area contributed by atoms with Gasteiger partial charge in [0.05, 0.1) is 12.1 Å². The van der Waals surface area contributed by atoms with Crippen molar-refractivity contribution in [1.82, 2.24) is 4.98 Å². The molecule has 0 amide bonds. The molecule has 186 valence electrons. The summed E-state index contributed by atoms with van der Waals surface area (Å²) in [5.74, 6) is -0.0922. The van der Waals surface area contributed by atoms with E-state index in [9.17, 15) is 18.4 Å². The van der Waals surface area contributed by atoms with E-state index >= 15 is 0 Å². The van der Waals surface area contributed by atoms with Crippen molar-refractivity contribution in [2.75, 3.05) is 27.0 Å². The molecular weight excluding hydrogens is 492 g/mol. The molecule has 1 aliphatic heterocycles. The second kappa shape index (κ2) is 11.3. The molecule has 0 bridgehead atoms. The molecule has 0 spiro atoms. The molecule has 9 heteroatoms. The third kappa shape index (κ3) is 5.54. The van der Waals surface area contributed by atoms with Crippen LogP contribution in [0.4, 0.5) is 8.78 Å². The summed E-state index contributed by atoms with van der Waals surface area (Å²) in [5, 5.41) is -0.0757. The molecule has 0 atom stereocenters. The van der Waals surface area contributed by atoms with E-state index in [1.54, 1.807) is 18.2 Å². The first kappa shape index (κ1) is 25.3. The van der Waals surface area contributed by atoms with E-state index in [0.29, 0.717) is 46.2 Å². The summed E-state index contributed by atoms with van der Waals surface area (Å²) in [5.41, 5.74) is 2.00. The van der Waals surface area contributed by atoms with Crippen molar-refractivity contribution in [2.45, 2.75) is 12.8 Å². The van der Waals surface area contributed by atoms with Gasteiger partial charge in [-0.3, -0.25) is 9.59 Å². The van der Waals surface area contributed by atoms with Gasteiger partial charge in [-0.1, -0.05) is 17.7 Å². The zero-order chi connectivity index (χ0) is 25.7. The highest BCUT2D eigenvalue weighted by Gasteiger charge is 2.21. The number of halogens is 3. The summed E-state index contributed by atoms with van der Waals surface area (Å²) in [4.78, 5) is 30.3. The average Bonchev–Trinajstić information content (AvgIpc) is 2.91. The van der Waals surface area contributed by atoms with Gasteiger partial charge < -0.3 is 14.2 Å².